The van der Waals surface area contributed by atoms with Crippen LogP contribution >= 0.6 is 0 Å². The summed E-state index contributed by atoms with van der Waals surface area (Å²) in [5, 5.41) is 8.20. The predicted octanol–water partition coefficient (Wildman–Crippen LogP) is 2.43. The quantitative estimate of drug-likeness (QED) is 0.822. The Labute approximate surface area is 131 Å². The lowest BCUT2D eigenvalue weighted by atomic mass is 10.0. The van der Waals surface area contributed by atoms with Gasteiger partial charge in [0.05, 0.1) is 13.7 Å². The Hall–Kier alpha value is -1.88. The van der Waals surface area contributed by atoms with E-state index in [1.807, 2.05) is 0 Å². The first-order valence-corrected chi connectivity index (χ1v) is 7.95. The van der Waals surface area contributed by atoms with E-state index < -0.39 is 0 Å². The molecule has 1 aromatic carbocycles. The van der Waals surface area contributed by atoms with Crippen LogP contribution in [0.15, 0.2) is 18.5 Å². The Balaban J connectivity index is 1.75. The van der Waals surface area contributed by atoms with E-state index >= 15 is 0 Å². The van der Waals surface area contributed by atoms with Crippen LogP contribution in [-0.2, 0) is 32.5 Å². The average molecular weight is 300 g/mol. The van der Waals surface area contributed by atoms with Gasteiger partial charge in [-0.1, -0.05) is 6.07 Å². The predicted molar refractivity (Wildman–Crippen MR) is 85.9 cm³/mol. The molecular formula is C17H24N4O. The molecule has 2 aromatic rings. The molecule has 1 aliphatic rings. The number of nitrogens with zero attached hydrogens (tertiary/aromatic N) is 4. The average Bonchev–Trinajstić information content (AvgIpc) is 3.14. The molecular weight excluding hydrogens is 276 g/mol. The summed E-state index contributed by atoms with van der Waals surface area (Å²) in [5.74, 6) is 2.01. The van der Waals surface area contributed by atoms with Crippen LogP contribution in [0.25, 0.3) is 0 Å². The van der Waals surface area contributed by atoms with Crippen LogP contribution in [-0.4, -0.2) is 33.8 Å². The Morgan fingerprint density at radius 1 is 1.23 bits per heavy atom. The second kappa shape index (κ2) is 6.48. The molecule has 1 aromatic heterocycles. The summed E-state index contributed by atoms with van der Waals surface area (Å²) in [5.41, 5.74) is 4.20. The van der Waals surface area contributed by atoms with Crippen molar-refractivity contribution in [1.82, 2.24) is 19.7 Å². The highest BCUT2D eigenvalue weighted by atomic mass is 16.5. The van der Waals surface area contributed by atoms with Crippen LogP contribution in [0.5, 0.6) is 5.75 Å². The molecule has 0 N–H and O–H groups in total. The molecule has 118 valence electrons. The van der Waals surface area contributed by atoms with Crippen LogP contribution in [0.3, 0.4) is 0 Å². The zero-order valence-electron chi connectivity index (χ0n) is 13.7. The van der Waals surface area contributed by atoms with E-state index in [0.717, 1.165) is 31.2 Å². The molecule has 0 spiro atoms. The number of aromatic nitrogens is 3. The van der Waals surface area contributed by atoms with Gasteiger partial charge in [0.2, 0.25) is 0 Å². The fourth-order valence-corrected chi connectivity index (χ4v) is 3.22. The maximum absolute atomic E-state index is 5.59. The zero-order valence-corrected chi connectivity index (χ0v) is 13.7. The highest BCUT2D eigenvalue weighted by Gasteiger charge is 2.16. The molecule has 1 heterocycles. The van der Waals surface area contributed by atoms with Crippen molar-refractivity contribution in [3.63, 3.8) is 0 Å². The number of fused-ring (bicyclic) bond motifs is 1. The van der Waals surface area contributed by atoms with Gasteiger partial charge in [-0.05, 0) is 50.4 Å². The van der Waals surface area contributed by atoms with E-state index in [1.165, 1.54) is 36.0 Å². The monoisotopic (exact) mass is 300 g/mol. The molecule has 0 radical (unpaired) electrons. The third-order valence-electron chi connectivity index (χ3n) is 4.38. The van der Waals surface area contributed by atoms with Crippen molar-refractivity contribution in [2.75, 3.05) is 14.2 Å². The van der Waals surface area contributed by atoms with E-state index in [9.17, 15) is 0 Å². The van der Waals surface area contributed by atoms with Gasteiger partial charge >= 0.3 is 0 Å². The molecule has 3 rings (SSSR count). The molecule has 0 unspecified atom stereocenters. The van der Waals surface area contributed by atoms with Crippen molar-refractivity contribution >= 4 is 0 Å². The summed E-state index contributed by atoms with van der Waals surface area (Å²) in [6, 6.07) is 4.54. The summed E-state index contributed by atoms with van der Waals surface area (Å²) in [7, 11) is 3.87. The normalized spacial score (nSPS) is 13.6. The number of aryl methyl sites for hydroxylation is 3. The maximum atomic E-state index is 5.59. The van der Waals surface area contributed by atoms with Crippen molar-refractivity contribution in [3.05, 3.63) is 41.0 Å². The number of benzene rings is 1. The number of ether oxygens (including phenoxy) is 1. The SMILES string of the molecule is CCn1cnnc1CN(C)Cc1cc2c(cc1OC)CCC2. The highest BCUT2D eigenvalue weighted by Crippen LogP contribution is 2.30. The van der Waals surface area contributed by atoms with Crippen molar-refractivity contribution < 1.29 is 4.74 Å². The number of methoxy groups -OCH3 is 1. The maximum Gasteiger partial charge on any atom is 0.146 e. The number of hydrogen-bond donors (Lipinski definition) is 0. The standard InChI is InChI=1S/C17H24N4O/c1-4-21-12-18-19-17(21)11-20(2)10-15-8-13-6-5-7-14(13)9-16(15)22-3/h8-9,12H,4-7,10-11H2,1-3H3. The second-order valence-corrected chi connectivity index (χ2v) is 5.99. The molecule has 5 nitrogen and oxygen atoms in total. The lowest BCUT2D eigenvalue weighted by molar-refractivity contribution is 0.297. The Morgan fingerprint density at radius 3 is 2.73 bits per heavy atom. The molecule has 5 heteroatoms. The Morgan fingerprint density at radius 2 is 2.00 bits per heavy atom. The van der Waals surface area contributed by atoms with E-state index in [-0.39, 0.29) is 0 Å². The first-order valence-electron chi connectivity index (χ1n) is 7.95. The summed E-state index contributed by atoms with van der Waals surface area (Å²) < 4.78 is 7.67. The van der Waals surface area contributed by atoms with Crippen LogP contribution in [0, 0.1) is 0 Å². The third-order valence-corrected chi connectivity index (χ3v) is 4.38. The minimum Gasteiger partial charge on any atom is -0.496 e. The molecule has 0 atom stereocenters. The molecule has 0 bridgehead atoms. The van der Waals surface area contributed by atoms with Gasteiger partial charge in [0.15, 0.2) is 0 Å². The van der Waals surface area contributed by atoms with Crippen molar-refractivity contribution in [2.24, 2.45) is 0 Å². The van der Waals surface area contributed by atoms with Crippen LogP contribution < -0.4 is 4.74 Å². The molecule has 0 amide bonds. The van der Waals surface area contributed by atoms with E-state index in [0.29, 0.717) is 0 Å². The summed E-state index contributed by atoms with van der Waals surface area (Å²) in [4.78, 5) is 2.26. The Bertz CT molecular complexity index is 650. The van der Waals surface area contributed by atoms with Gasteiger partial charge in [0.1, 0.15) is 17.9 Å². The van der Waals surface area contributed by atoms with E-state index in [2.05, 4.69) is 45.8 Å². The van der Waals surface area contributed by atoms with Crippen LogP contribution in [0.4, 0.5) is 0 Å². The van der Waals surface area contributed by atoms with Crippen molar-refractivity contribution in [1.29, 1.82) is 0 Å². The van der Waals surface area contributed by atoms with Crippen molar-refractivity contribution in [3.8, 4) is 5.75 Å². The Kier molecular flexibility index (Phi) is 4.43. The minimum absolute atomic E-state index is 0.786. The zero-order chi connectivity index (χ0) is 15.5. The van der Waals surface area contributed by atoms with Gasteiger partial charge in [-0.15, -0.1) is 10.2 Å². The molecule has 1 aliphatic carbocycles. The van der Waals surface area contributed by atoms with Crippen LogP contribution in [0.2, 0.25) is 0 Å². The number of hydrogen-bond acceptors (Lipinski definition) is 4. The first-order chi connectivity index (χ1) is 10.7. The largest absolute Gasteiger partial charge is 0.496 e. The van der Waals surface area contributed by atoms with Gasteiger partial charge in [-0.25, -0.2) is 0 Å². The van der Waals surface area contributed by atoms with Crippen LogP contribution in [0.1, 0.15) is 35.9 Å². The summed E-state index contributed by atoms with van der Waals surface area (Å²) in [6.07, 6.45) is 5.43. The van der Waals surface area contributed by atoms with Gasteiger partial charge in [-0.2, -0.15) is 0 Å². The van der Waals surface area contributed by atoms with Gasteiger partial charge in [-0.3, -0.25) is 4.90 Å². The summed E-state index contributed by atoms with van der Waals surface area (Å²) in [6.45, 7) is 4.65. The van der Waals surface area contributed by atoms with Gasteiger partial charge in [0.25, 0.3) is 0 Å². The smallest absolute Gasteiger partial charge is 0.146 e. The highest BCUT2D eigenvalue weighted by molar-refractivity contribution is 5.44. The molecule has 0 saturated heterocycles. The van der Waals surface area contributed by atoms with E-state index in [4.69, 9.17) is 4.74 Å². The molecule has 0 aliphatic heterocycles. The van der Waals surface area contributed by atoms with Gasteiger partial charge < -0.3 is 9.30 Å². The van der Waals surface area contributed by atoms with Gasteiger partial charge in [0, 0.05) is 18.7 Å². The molecule has 0 saturated carbocycles. The lowest BCUT2D eigenvalue weighted by Gasteiger charge is -2.19. The fraction of sp³-hybridized carbons (Fsp3) is 0.529. The third kappa shape index (κ3) is 2.99. The first kappa shape index (κ1) is 15.0. The molecule has 0 fully saturated rings. The number of rotatable bonds is 6. The summed E-state index contributed by atoms with van der Waals surface area (Å²) >= 11 is 0. The van der Waals surface area contributed by atoms with E-state index in [1.54, 1.807) is 13.4 Å². The topological polar surface area (TPSA) is 43.2 Å². The second-order valence-electron chi connectivity index (χ2n) is 5.99. The fourth-order valence-electron chi connectivity index (χ4n) is 3.22. The lowest BCUT2D eigenvalue weighted by Crippen LogP contribution is -2.20. The molecule has 22 heavy (non-hydrogen) atoms. The minimum atomic E-state index is 0.786. The van der Waals surface area contributed by atoms with Crippen molar-refractivity contribution in [2.45, 2.75) is 45.8 Å².